The summed E-state index contributed by atoms with van der Waals surface area (Å²) in [5.74, 6) is -3.07. The predicted molar refractivity (Wildman–Crippen MR) is 69.9 cm³/mol. The van der Waals surface area contributed by atoms with E-state index in [2.05, 4.69) is 0 Å². The van der Waals surface area contributed by atoms with Gasteiger partial charge in [-0.2, -0.15) is 0 Å². The molecule has 19 heavy (non-hydrogen) atoms. The number of nitrogens with two attached hydrogens (primary N) is 2. The van der Waals surface area contributed by atoms with Gasteiger partial charge >= 0.3 is 6.03 Å². The summed E-state index contributed by atoms with van der Waals surface area (Å²) >= 11 is 0. The summed E-state index contributed by atoms with van der Waals surface area (Å²) in [5.41, 5.74) is 11.0. The molecule has 1 aromatic carbocycles. The fourth-order valence-electron chi connectivity index (χ4n) is 2.07. The van der Waals surface area contributed by atoms with Gasteiger partial charge in [-0.1, -0.05) is 37.3 Å². The molecule has 1 aromatic rings. The second kappa shape index (κ2) is 6.53. The Morgan fingerprint density at radius 2 is 1.74 bits per heavy atom. The lowest BCUT2D eigenvalue weighted by Crippen LogP contribution is -2.46. The first kappa shape index (κ1) is 14.7. The molecule has 5 N–H and O–H groups in total. The highest BCUT2D eigenvalue weighted by atomic mass is 16.2. The van der Waals surface area contributed by atoms with Crippen LogP contribution < -0.4 is 16.8 Å². The summed E-state index contributed by atoms with van der Waals surface area (Å²) in [6, 6.07) is 8.06. The molecule has 2 atom stereocenters. The average Bonchev–Trinajstić information content (AvgIpc) is 2.35. The quantitative estimate of drug-likeness (QED) is 0.671. The van der Waals surface area contributed by atoms with E-state index >= 15 is 0 Å². The Hall–Kier alpha value is -2.37. The van der Waals surface area contributed by atoms with E-state index < -0.39 is 29.7 Å². The molecular weight excluding hydrogens is 246 g/mol. The highest BCUT2D eigenvalue weighted by molar-refractivity contribution is 6.06. The number of carbonyl (C=O) groups is 3. The van der Waals surface area contributed by atoms with Crippen molar-refractivity contribution >= 4 is 17.8 Å². The number of hydrogen-bond acceptors (Lipinski definition) is 3. The van der Waals surface area contributed by atoms with E-state index in [1.807, 2.05) is 42.6 Å². The van der Waals surface area contributed by atoms with Crippen molar-refractivity contribution in [2.45, 2.75) is 19.3 Å². The van der Waals surface area contributed by atoms with E-state index in [0.29, 0.717) is 6.42 Å². The molecule has 0 unspecified atom stereocenters. The summed E-state index contributed by atoms with van der Waals surface area (Å²) in [6.45, 7) is 1.84. The Labute approximate surface area is 111 Å². The van der Waals surface area contributed by atoms with E-state index in [1.54, 1.807) is 0 Å². The predicted octanol–water partition coefficient (Wildman–Crippen LogP) is 0.477. The van der Waals surface area contributed by atoms with E-state index in [1.165, 1.54) is 0 Å². The third-order valence-corrected chi connectivity index (χ3v) is 2.91. The molecule has 0 heterocycles. The number of rotatable bonds is 5. The van der Waals surface area contributed by atoms with Gasteiger partial charge in [-0.15, -0.1) is 0 Å². The van der Waals surface area contributed by atoms with Crippen LogP contribution in [0.1, 0.15) is 24.8 Å². The van der Waals surface area contributed by atoms with E-state index in [9.17, 15) is 14.4 Å². The largest absolute Gasteiger partial charge is 0.369 e. The highest BCUT2D eigenvalue weighted by Gasteiger charge is 2.33. The van der Waals surface area contributed by atoms with Gasteiger partial charge in [-0.05, 0) is 12.0 Å². The fourth-order valence-corrected chi connectivity index (χ4v) is 2.07. The zero-order chi connectivity index (χ0) is 14.4. The molecule has 4 amide bonds. The minimum atomic E-state index is -1.13. The van der Waals surface area contributed by atoms with Gasteiger partial charge in [-0.3, -0.25) is 14.9 Å². The highest BCUT2D eigenvalue weighted by Crippen LogP contribution is 2.28. The standard InChI is InChI=1S/C13H17N3O3/c1-2-9(8-6-4-3-5-7-8)10(11(14)17)12(18)16-13(15)19/h3-7,9-10H,2H2,1H3,(H2,14,17)(H3,15,16,18,19)/t9-,10-/m1/s1. The van der Waals surface area contributed by atoms with Gasteiger partial charge in [0.1, 0.15) is 5.92 Å². The minimum Gasteiger partial charge on any atom is -0.369 e. The van der Waals surface area contributed by atoms with Gasteiger partial charge in [0, 0.05) is 5.92 Å². The number of carbonyl (C=O) groups excluding carboxylic acids is 3. The molecule has 6 heteroatoms. The normalized spacial score (nSPS) is 13.3. The van der Waals surface area contributed by atoms with Crippen LogP contribution in [0.4, 0.5) is 4.79 Å². The lowest BCUT2D eigenvalue weighted by molar-refractivity contribution is -0.133. The minimum absolute atomic E-state index is 0.391. The van der Waals surface area contributed by atoms with Crippen LogP contribution in [0.2, 0.25) is 0 Å². The Kier molecular flexibility index (Phi) is 5.05. The molecule has 0 aliphatic carbocycles. The van der Waals surface area contributed by atoms with Gasteiger partial charge in [0.05, 0.1) is 0 Å². The molecule has 0 saturated heterocycles. The van der Waals surface area contributed by atoms with Crippen molar-refractivity contribution in [3.8, 4) is 0 Å². The first-order valence-electron chi connectivity index (χ1n) is 5.92. The van der Waals surface area contributed by atoms with E-state index in [4.69, 9.17) is 11.5 Å². The van der Waals surface area contributed by atoms with E-state index in [0.717, 1.165) is 5.56 Å². The maximum Gasteiger partial charge on any atom is 0.318 e. The van der Waals surface area contributed by atoms with Crippen molar-refractivity contribution < 1.29 is 14.4 Å². The van der Waals surface area contributed by atoms with Crippen molar-refractivity contribution in [1.82, 2.24) is 5.32 Å². The lowest BCUT2D eigenvalue weighted by atomic mass is 9.83. The van der Waals surface area contributed by atoms with Gasteiger partial charge in [0.25, 0.3) is 0 Å². The maximum atomic E-state index is 11.9. The van der Waals surface area contributed by atoms with Crippen LogP contribution in [0.5, 0.6) is 0 Å². The van der Waals surface area contributed by atoms with Gasteiger partial charge in [0.2, 0.25) is 11.8 Å². The summed E-state index contributed by atoms with van der Waals surface area (Å²) in [7, 11) is 0. The SMILES string of the molecule is CC[C@H](c1ccccc1)[C@H](C(N)=O)C(=O)NC(N)=O. The number of nitrogens with one attached hydrogen (secondary N) is 1. The van der Waals surface area contributed by atoms with Crippen LogP contribution in [0.3, 0.4) is 0 Å². The smallest absolute Gasteiger partial charge is 0.318 e. The third-order valence-electron chi connectivity index (χ3n) is 2.91. The summed E-state index contributed by atoms with van der Waals surface area (Å²) in [4.78, 5) is 34.1. The van der Waals surface area contributed by atoms with Gasteiger partial charge < -0.3 is 11.5 Å². The number of primary amides is 2. The van der Waals surface area contributed by atoms with Crippen molar-refractivity contribution in [3.05, 3.63) is 35.9 Å². The Morgan fingerprint density at radius 1 is 1.16 bits per heavy atom. The topological polar surface area (TPSA) is 115 Å². The molecule has 102 valence electrons. The van der Waals surface area contributed by atoms with Crippen LogP contribution in [-0.4, -0.2) is 17.8 Å². The monoisotopic (exact) mass is 263 g/mol. The molecule has 0 radical (unpaired) electrons. The Bertz CT molecular complexity index is 473. The zero-order valence-corrected chi connectivity index (χ0v) is 10.6. The molecule has 0 aromatic heterocycles. The molecule has 6 nitrogen and oxygen atoms in total. The third kappa shape index (κ3) is 3.80. The number of hydrogen-bond donors (Lipinski definition) is 3. The second-order valence-corrected chi connectivity index (χ2v) is 4.16. The van der Waals surface area contributed by atoms with Crippen molar-refractivity contribution in [3.63, 3.8) is 0 Å². The Morgan fingerprint density at radius 3 is 2.16 bits per heavy atom. The number of imide groups is 1. The molecule has 1 rings (SSSR count). The molecular formula is C13H17N3O3. The number of amides is 4. The summed E-state index contributed by atoms with van der Waals surface area (Å²) in [6.07, 6.45) is 0.532. The number of benzene rings is 1. The van der Waals surface area contributed by atoms with Crippen LogP contribution >= 0.6 is 0 Å². The zero-order valence-electron chi connectivity index (χ0n) is 10.6. The van der Waals surface area contributed by atoms with Crippen molar-refractivity contribution in [1.29, 1.82) is 0 Å². The lowest BCUT2D eigenvalue weighted by Gasteiger charge is -2.22. The van der Waals surface area contributed by atoms with E-state index in [-0.39, 0.29) is 0 Å². The molecule has 0 spiro atoms. The van der Waals surface area contributed by atoms with Crippen LogP contribution in [0, 0.1) is 5.92 Å². The maximum absolute atomic E-state index is 11.9. The second-order valence-electron chi connectivity index (χ2n) is 4.16. The molecule has 0 aliphatic heterocycles. The summed E-state index contributed by atoms with van der Waals surface area (Å²) in [5, 5.41) is 1.91. The first-order chi connectivity index (χ1) is 8.97. The average molecular weight is 263 g/mol. The van der Waals surface area contributed by atoms with Crippen molar-refractivity contribution in [2.24, 2.45) is 17.4 Å². The number of urea groups is 1. The van der Waals surface area contributed by atoms with Crippen LogP contribution in [0.25, 0.3) is 0 Å². The van der Waals surface area contributed by atoms with Crippen LogP contribution in [-0.2, 0) is 9.59 Å². The molecule has 0 fully saturated rings. The summed E-state index contributed by atoms with van der Waals surface area (Å²) < 4.78 is 0. The Balaban J connectivity index is 3.06. The van der Waals surface area contributed by atoms with Gasteiger partial charge in [-0.25, -0.2) is 4.79 Å². The first-order valence-corrected chi connectivity index (χ1v) is 5.92. The molecule has 0 aliphatic rings. The fraction of sp³-hybridized carbons (Fsp3) is 0.308. The molecule has 0 saturated carbocycles. The van der Waals surface area contributed by atoms with Crippen molar-refractivity contribution in [2.75, 3.05) is 0 Å². The van der Waals surface area contributed by atoms with Crippen LogP contribution in [0.15, 0.2) is 30.3 Å². The van der Waals surface area contributed by atoms with Gasteiger partial charge in [0.15, 0.2) is 0 Å². The molecule has 0 bridgehead atoms.